The first-order valence-electron chi connectivity index (χ1n) is 5.68. The predicted octanol–water partition coefficient (Wildman–Crippen LogP) is 4.21. The van der Waals surface area contributed by atoms with Gasteiger partial charge in [-0.1, -0.05) is 6.07 Å². The molecule has 4 heteroatoms. The summed E-state index contributed by atoms with van der Waals surface area (Å²) in [6.45, 7) is 4.58. The lowest BCUT2D eigenvalue weighted by molar-refractivity contribution is 0.620. The number of rotatable bonds is 3. The highest BCUT2D eigenvalue weighted by Gasteiger charge is 2.02. The standard InChI is InChI=1S/C14H14BrFN2/c1-9-3-6-14(10(2)18-9)17-8-11-4-5-13(16)12(15)7-11/h3-7,17H,8H2,1-2H3. The number of aryl methyl sites for hydroxylation is 2. The number of nitrogens with one attached hydrogen (secondary N) is 1. The highest BCUT2D eigenvalue weighted by Crippen LogP contribution is 2.19. The fraction of sp³-hybridized carbons (Fsp3) is 0.214. The molecule has 2 rings (SSSR count). The number of anilines is 1. The van der Waals surface area contributed by atoms with Crippen molar-refractivity contribution in [3.05, 3.63) is 57.6 Å². The van der Waals surface area contributed by atoms with E-state index in [1.807, 2.05) is 26.0 Å². The van der Waals surface area contributed by atoms with Gasteiger partial charge in [0.1, 0.15) is 5.82 Å². The lowest BCUT2D eigenvalue weighted by Gasteiger charge is -2.10. The molecule has 0 bridgehead atoms. The van der Waals surface area contributed by atoms with Crippen molar-refractivity contribution < 1.29 is 4.39 Å². The molecule has 0 aliphatic heterocycles. The molecule has 0 radical (unpaired) electrons. The zero-order valence-corrected chi connectivity index (χ0v) is 11.9. The highest BCUT2D eigenvalue weighted by atomic mass is 79.9. The Hall–Kier alpha value is -1.42. The summed E-state index contributed by atoms with van der Waals surface area (Å²) in [6, 6.07) is 8.98. The summed E-state index contributed by atoms with van der Waals surface area (Å²) in [4.78, 5) is 4.39. The minimum Gasteiger partial charge on any atom is -0.380 e. The molecule has 0 aliphatic rings. The maximum atomic E-state index is 13.1. The van der Waals surface area contributed by atoms with Gasteiger partial charge in [0.05, 0.1) is 15.9 Å². The van der Waals surface area contributed by atoms with E-state index in [-0.39, 0.29) is 5.82 Å². The molecule has 94 valence electrons. The Morgan fingerprint density at radius 1 is 1.22 bits per heavy atom. The van der Waals surface area contributed by atoms with E-state index in [2.05, 4.69) is 26.2 Å². The van der Waals surface area contributed by atoms with Gasteiger partial charge in [0, 0.05) is 12.2 Å². The van der Waals surface area contributed by atoms with Crippen LogP contribution in [0, 0.1) is 19.7 Å². The Bertz CT molecular complexity index is 570. The molecule has 0 unspecified atom stereocenters. The molecule has 0 aliphatic carbocycles. The van der Waals surface area contributed by atoms with Gasteiger partial charge in [-0.25, -0.2) is 4.39 Å². The van der Waals surface area contributed by atoms with Crippen molar-refractivity contribution in [3.8, 4) is 0 Å². The van der Waals surface area contributed by atoms with Crippen molar-refractivity contribution in [2.45, 2.75) is 20.4 Å². The number of nitrogens with zero attached hydrogens (tertiary/aromatic N) is 1. The molecule has 0 saturated carbocycles. The Morgan fingerprint density at radius 3 is 2.67 bits per heavy atom. The molecule has 2 nitrogen and oxygen atoms in total. The summed E-state index contributed by atoms with van der Waals surface area (Å²) >= 11 is 3.18. The predicted molar refractivity (Wildman–Crippen MR) is 75.1 cm³/mol. The molecule has 2 aromatic rings. The van der Waals surface area contributed by atoms with Crippen LogP contribution >= 0.6 is 15.9 Å². The number of halogens is 2. The van der Waals surface area contributed by atoms with Crippen LogP contribution in [0.1, 0.15) is 17.0 Å². The fourth-order valence-electron chi connectivity index (χ4n) is 1.72. The third-order valence-electron chi connectivity index (χ3n) is 2.69. The average molecular weight is 309 g/mol. The molecular formula is C14H14BrFN2. The molecule has 1 aromatic heterocycles. The molecule has 1 aromatic carbocycles. The molecule has 0 fully saturated rings. The molecule has 1 N–H and O–H groups in total. The second-order valence-corrected chi connectivity index (χ2v) is 5.04. The van der Waals surface area contributed by atoms with Gasteiger partial charge in [-0.15, -0.1) is 0 Å². The van der Waals surface area contributed by atoms with Crippen molar-refractivity contribution in [2.24, 2.45) is 0 Å². The first kappa shape index (κ1) is 13.0. The van der Waals surface area contributed by atoms with Gasteiger partial charge < -0.3 is 5.32 Å². The van der Waals surface area contributed by atoms with Crippen molar-refractivity contribution in [3.63, 3.8) is 0 Å². The van der Waals surface area contributed by atoms with Crippen LogP contribution in [0.3, 0.4) is 0 Å². The average Bonchev–Trinajstić information content (AvgIpc) is 2.32. The third kappa shape index (κ3) is 3.07. The summed E-state index contributed by atoms with van der Waals surface area (Å²) in [5, 5.41) is 3.30. The smallest absolute Gasteiger partial charge is 0.137 e. The lowest BCUT2D eigenvalue weighted by Crippen LogP contribution is -2.02. The Labute approximate surface area is 114 Å². The Kier molecular flexibility index (Phi) is 3.97. The first-order chi connectivity index (χ1) is 8.56. The zero-order valence-electron chi connectivity index (χ0n) is 10.3. The van der Waals surface area contributed by atoms with Crippen molar-refractivity contribution in [2.75, 3.05) is 5.32 Å². The quantitative estimate of drug-likeness (QED) is 0.918. The van der Waals surface area contributed by atoms with E-state index in [1.54, 1.807) is 12.1 Å². The lowest BCUT2D eigenvalue weighted by atomic mass is 10.2. The van der Waals surface area contributed by atoms with Crippen LogP contribution in [0.15, 0.2) is 34.8 Å². The van der Waals surface area contributed by atoms with Gasteiger partial charge in [-0.3, -0.25) is 4.98 Å². The first-order valence-corrected chi connectivity index (χ1v) is 6.47. The summed E-state index contributed by atoms with van der Waals surface area (Å²) < 4.78 is 13.6. The van der Waals surface area contributed by atoms with Crippen LogP contribution in [0.4, 0.5) is 10.1 Å². The normalized spacial score (nSPS) is 10.4. The molecule has 0 spiro atoms. The van der Waals surface area contributed by atoms with Gasteiger partial charge in [0.15, 0.2) is 0 Å². The van der Waals surface area contributed by atoms with E-state index in [0.717, 1.165) is 22.6 Å². The number of aromatic nitrogens is 1. The van der Waals surface area contributed by atoms with Crippen LogP contribution in [0.25, 0.3) is 0 Å². The van der Waals surface area contributed by atoms with Gasteiger partial charge >= 0.3 is 0 Å². The largest absolute Gasteiger partial charge is 0.380 e. The molecule has 0 amide bonds. The second-order valence-electron chi connectivity index (χ2n) is 4.19. The van der Waals surface area contributed by atoms with E-state index < -0.39 is 0 Å². The minimum absolute atomic E-state index is 0.244. The maximum absolute atomic E-state index is 13.1. The second kappa shape index (κ2) is 5.48. The Balaban J connectivity index is 2.09. The van der Waals surface area contributed by atoms with E-state index in [4.69, 9.17) is 0 Å². The van der Waals surface area contributed by atoms with E-state index in [9.17, 15) is 4.39 Å². The van der Waals surface area contributed by atoms with Crippen LogP contribution in [-0.4, -0.2) is 4.98 Å². The molecular weight excluding hydrogens is 295 g/mol. The van der Waals surface area contributed by atoms with Gasteiger partial charge in [-0.2, -0.15) is 0 Å². The summed E-state index contributed by atoms with van der Waals surface area (Å²) in [7, 11) is 0. The van der Waals surface area contributed by atoms with Gasteiger partial charge in [0.25, 0.3) is 0 Å². The highest BCUT2D eigenvalue weighted by molar-refractivity contribution is 9.10. The molecule has 18 heavy (non-hydrogen) atoms. The summed E-state index contributed by atoms with van der Waals surface area (Å²) in [5.74, 6) is -0.244. The maximum Gasteiger partial charge on any atom is 0.137 e. The molecule has 1 heterocycles. The number of benzene rings is 1. The van der Waals surface area contributed by atoms with Crippen LogP contribution in [0.5, 0.6) is 0 Å². The molecule has 0 atom stereocenters. The monoisotopic (exact) mass is 308 g/mol. The molecule has 0 saturated heterocycles. The fourth-order valence-corrected chi connectivity index (χ4v) is 2.15. The summed E-state index contributed by atoms with van der Waals surface area (Å²) in [5.41, 5.74) is 3.99. The SMILES string of the molecule is Cc1ccc(NCc2ccc(F)c(Br)c2)c(C)n1. The van der Waals surface area contributed by atoms with Crippen molar-refractivity contribution >= 4 is 21.6 Å². The van der Waals surface area contributed by atoms with E-state index >= 15 is 0 Å². The number of hydrogen-bond acceptors (Lipinski definition) is 2. The van der Waals surface area contributed by atoms with Gasteiger partial charge in [0.2, 0.25) is 0 Å². The van der Waals surface area contributed by atoms with Gasteiger partial charge in [-0.05, 0) is 59.6 Å². The number of pyridine rings is 1. The van der Waals surface area contributed by atoms with Crippen molar-refractivity contribution in [1.82, 2.24) is 4.98 Å². The van der Waals surface area contributed by atoms with E-state index in [0.29, 0.717) is 11.0 Å². The van der Waals surface area contributed by atoms with E-state index in [1.165, 1.54) is 6.07 Å². The number of hydrogen-bond donors (Lipinski definition) is 1. The zero-order chi connectivity index (χ0) is 13.1. The Morgan fingerprint density at radius 2 is 2.00 bits per heavy atom. The van der Waals surface area contributed by atoms with Crippen LogP contribution in [0.2, 0.25) is 0 Å². The minimum atomic E-state index is -0.244. The topological polar surface area (TPSA) is 24.9 Å². The third-order valence-corrected chi connectivity index (χ3v) is 3.30. The van der Waals surface area contributed by atoms with Crippen molar-refractivity contribution in [1.29, 1.82) is 0 Å². The van der Waals surface area contributed by atoms with Crippen LogP contribution in [-0.2, 0) is 6.54 Å². The summed E-state index contributed by atoms with van der Waals surface area (Å²) in [6.07, 6.45) is 0. The van der Waals surface area contributed by atoms with Crippen LogP contribution < -0.4 is 5.32 Å².